The average Bonchev–Trinajstić information content (AvgIpc) is 2.86. The van der Waals surface area contributed by atoms with Gasteiger partial charge in [0.1, 0.15) is 11.5 Å². The Balaban J connectivity index is 1.80. The molecule has 3 aromatic rings. The summed E-state index contributed by atoms with van der Waals surface area (Å²) >= 11 is 1.65. The fraction of sp³-hybridized carbons (Fsp3) is 0.233. The van der Waals surface area contributed by atoms with E-state index in [0.717, 1.165) is 44.9 Å². The van der Waals surface area contributed by atoms with Gasteiger partial charge < -0.3 is 14.2 Å². The maximum Gasteiger partial charge on any atom is 0.338 e. The summed E-state index contributed by atoms with van der Waals surface area (Å²) in [4.78, 5) is 12.8. The molecule has 0 aliphatic heterocycles. The van der Waals surface area contributed by atoms with E-state index in [1.54, 1.807) is 18.7 Å². The van der Waals surface area contributed by atoms with Crippen LogP contribution in [0.5, 0.6) is 11.5 Å². The van der Waals surface area contributed by atoms with Crippen LogP contribution in [0.1, 0.15) is 26.3 Å². The highest BCUT2D eigenvalue weighted by molar-refractivity contribution is 7.98. The van der Waals surface area contributed by atoms with Gasteiger partial charge >= 0.3 is 5.97 Å². The first-order chi connectivity index (χ1) is 16.8. The van der Waals surface area contributed by atoms with Crippen molar-refractivity contribution in [2.75, 3.05) is 19.7 Å². The zero-order valence-electron chi connectivity index (χ0n) is 20.9. The van der Waals surface area contributed by atoms with Gasteiger partial charge in [0, 0.05) is 10.5 Å². The second kappa shape index (κ2) is 12.4. The third kappa shape index (κ3) is 7.10. The smallest absolute Gasteiger partial charge is 0.338 e. The van der Waals surface area contributed by atoms with Crippen LogP contribution in [0.15, 0.2) is 89.9 Å². The molecule has 0 saturated heterocycles. The second-order valence-electron chi connectivity index (χ2n) is 8.35. The van der Waals surface area contributed by atoms with E-state index in [0.29, 0.717) is 17.9 Å². The summed E-state index contributed by atoms with van der Waals surface area (Å²) in [7, 11) is 0. The van der Waals surface area contributed by atoms with Crippen LogP contribution in [0.25, 0.3) is 22.3 Å². The molecule has 0 unspecified atom stereocenters. The largest absolute Gasteiger partial charge is 0.466 e. The van der Waals surface area contributed by atoms with Crippen molar-refractivity contribution in [3.05, 3.63) is 90.5 Å². The molecule has 4 nitrogen and oxygen atoms in total. The third-order valence-corrected chi connectivity index (χ3v) is 6.11. The Hall–Kier alpha value is -3.28. The Labute approximate surface area is 212 Å². The topological polar surface area (TPSA) is 44.8 Å². The number of carbonyl (C=O) groups excluding carboxylic acids is 1. The van der Waals surface area contributed by atoms with E-state index < -0.39 is 5.97 Å². The van der Waals surface area contributed by atoms with Gasteiger partial charge in [0.15, 0.2) is 6.79 Å². The van der Waals surface area contributed by atoms with Crippen molar-refractivity contribution in [1.82, 2.24) is 0 Å². The van der Waals surface area contributed by atoms with Crippen LogP contribution in [0.2, 0.25) is 0 Å². The lowest BCUT2D eigenvalue weighted by atomic mass is 9.93. The lowest BCUT2D eigenvalue weighted by Crippen LogP contribution is -2.07. The van der Waals surface area contributed by atoms with Crippen molar-refractivity contribution >= 4 is 17.7 Å². The van der Waals surface area contributed by atoms with Crippen molar-refractivity contribution in [3.63, 3.8) is 0 Å². The number of benzene rings is 3. The highest BCUT2D eigenvalue weighted by Gasteiger charge is 2.11. The van der Waals surface area contributed by atoms with Crippen LogP contribution in [0.4, 0.5) is 0 Å². The maximum absolute atomic E-state index is 11.8. The van der Waals surface area contributed by atoms with Crippen LogP contribution in [0.3, 0.4) is 0 Å². The minimum absolute atomic E-state index is 0.194. The molecule has 5 heteroatoms. The zero-order chi connectivity index (χ0) is 25.4. The lowest BCUT2D eigenvalue weighted by Gasteiger charge is -2.14. The second-order valence-corrected chi connectivity index (χ2v) is 9.20. The van der Waals surface area contributed by atoms with Gasteiger partial charge in [0.2, 0.25) is 0 Å². The molecule has 0 aromatic heterocycles. The van der Waals surface area contributed by atoms with Crippen molar-refractivity contribution in [3.8, 4) is 33.8 Å². The standard InChI is InChI=1S/C30H32O4S/c1-7-22-16-24(25-11-15-28(29(17-25)35-6)33-19-32-18-20(2)3)10-14-27(22)23-8-12-26(13-9-23)34-30(31)21(4)5/h8-17H,2,4,7,18-19H2,1,3,5-6H3. The number of ether oxygens (including phenoxy) is 3. The van der Waals surface area contributed by atoms with Crippen molar-refractivity contribution in [1.29, 1.82) is 0 Å². The van der Waals surface area contributed by atoms with Crippen LogP contribution < -0.4 is 9.47 Å². The summed E-state index contributed by atoms with van der Waals surface area (Å²) in [6.07, 6.45) is 2.94. The van der Waals surface area contributed by atoms with Gasteiger partial charge in [-0.1, -0.05) is 62.1 Å². The first kappa shape index (κ1) is 26.3. The van der Waals surface area contributed by atoms with E-state index in [4.69, 9.17) is 14.2 Å². The predicted octanol–water partition coefficient (Wildman–Crippen LogP) is 7.72. The molecule has 0 radical (unpaired) electrons. The summed E-state index contributed by atoms with van der Waals surface area (Å²) in [5.41, 5.74) is 7.10. The number of hydrogen-bond donors (Lipinski definition) is 0. The monoisotopic (exact) mass is 488 g/mol. The molecule has 3 aromatic carbocycles. The van der Waals surface area contributed by atoms with Gasteiger partial charge in [-0.25, -0.2) is 4.79 Å². The van der Waals surface area contributed by atoms with Gasteiger partial charge in [-0.05, 0) is 78.6 Å². The first-order valence-corrected chi connectivity index (χ1v) is 12.7. The van der Waals surface area contributed by atoms with E-state index in [1.807, 2.05) is 43.5 Å². The van der Waals surface area contributed by atoms with Crippen LogP contribution in [0, 0.1) is 0 Å². The van der Waals surface area contributed by atoms with E-state index in [9.17, 15) is 4.79 Å². The quantitative estimate of drug-likeness (QED) is 0.0526. The van der Waals surface area contributed by atoms with Gasteiger partial charge in [-0.3, -0.25) is 0 Å². The predicted molar refractivity (Wildman–Crippen MR) is 145 cm³/mol. The molecule has 0 spiro atoms. The van der Waals surface area contributed by atoms with Gasteiger partial charge in [0.05, 0.1) is 6.61 Å². The summed E-state index contributed by atoms with van der Waals surface area (Å²) < 4.78 is 16.6. The molecule has 0 atom stereocenters. The van der Waals surface area contributed by atoms with Crippen LogP contribution in [-0.4, -0.2) is 25.6 Å². The molecule has 0 aliphatic rings. The summed E-state index contributed by atoms with van der Waals surface area (Å²) in [6, 6.07) is 20.3. The molecule has 3 rings (SSSR count). The number of thioether (sulfide) groups is 1. The number of hydrogen-bond acceptors (Lipinski definition) is 5. The SMILES string of the molecule is C=C(C)COCOc1ccc(-c2ccc(-c3ccc(OC(=O)C(=C)C)cc3)c(CC)c2)cc1SC. The fourth-order valence-electron chi connectivity index (χ4n) is 3.53. The molecule has 0 bridgehead atoms. The van der Waals surface area contributed by atoms with Gasteiger partial charge in [0.25, 0.3) is 0 Å². The number of esters is 1. The van der Waals surface area contributed by atoms with Crippen LogP contribution in [-0.2, 0) is 16.0 Å². The average molecular weight is 489 g/mol. The molecule has 182 valence electrons. The van der Waals surface area contributed by atoms with E-state index in [1.165, 1.54) is 5.56 Å². The molecule has 0 saturated carbocycles. The Morgan fingerprint density at radius 3 is 2.20 bits per heavy atom. The Morgan fingerprint density at radius 1 is 0.914 bits per heavy atom. The van der Waals surface area contributed by atoms with Crippen molar-refractivity contribution in [2.45, 2.75) is 32.1 Å². The number of carbonyl (C=O) groups is 1. The number of aryl methyl sites for hydroxylation is 1. The molecule has 0 aliphatic carbocycles. The van der Waals surface area contributed by atoms with E-state index >= 15 is 0 Å². The highest BCUT2D eigenvalue weighted by atomic mass is 32.2. The minimum atomic E-state index is -0.420. The Kier molecular flexibility index (Phi) is 9.35. The maximum atomic E-state index is 11.8. The highest BCUT2D eigenvalue weighted by Crippen LogP contribution is 2.35. The van der Waals surface area contributed by atoms with Gasteiger partial charge in [-0.2, -0.15) is 0 Å². The molecule has 35 heavy (non-hydrogen) atoms. The fourth-order valence-corrected chi connectivity index (χ4v) is 4.10. The molecule has 0 heterocycles. The van der Waals surface area contributed by atoms with Crippen molar-refractivity contribution in [2.24, 2.45) is 0 Å². The molecule has 0 amide bonds. The van der Waals surface area contributed by atoms with E-state index in [-0.39, 0.29) is 6.79 Å². The molecule has 0 fully saturated rings. The minimum Gasteiger partial charge on any atom is -0.466 e. The summed E-state index contributed by atoms with van der Waals surface area (Å²) in [5.74, 6) is 0.896. The lowest BCUT2D eigenvalue weighted by molar-refractivity contribution is -0.130. The molecule has 0 N–H and O–H groups in total. The van der Waals surface area contributed by atoms with E-state index in [2.05, 4.69) is 50.4 Å². The van der Waals surface area contributed by atoms with Gasteiger partial charge in [-0.15, -0.1) is 11.8 Å². The van der Waals surface area contributed by atoms with Crippen molar-refractivity contribution < 1.29 is 19.0 Å². The number of rotatable bonds is 11. The normalized spacial score (nSPS) is 10.6. The first-order valence-electron chi connectivity index (χ1n) is 11.5. The third-order valence-electron chi connectivity index (χ3n) is 5.35. The molecular weight excluding hydrogens is 456 g/mol. The Bertz CT molecular complexity index is 1210. The zero-order valence-corrected chi connectivity index (χ0v) is 21.7. The Morgan fingerprint density at radius 2 is 1.57 bits per heavy atom. The molecular formula is C30H32O4S. The summed E-state index contributed by atoms with van der Waals surface area (Å²) in [6.45, 7) is 13.8. The summed E-state index contributed by atoms with van der Waals surface area (Å²) in [5, 5.41) is 0. The van der Waals surface area contributed by atoms with Crippen LogP contribution >= 0.6 is 11.8 Å².